The maximum atomic E-state index is 6.26. The van der Waals surface area contributed by atoms with Crippen molar-refractivity contribution in [3.05, 3.63) is 21.3 Å². The molecule has 1 aromatic heterocycles. The zero-order chi connectivity index (χ0) is 12.7. The van der Waals surface area contributed by atoms with E-state index in [4.69, 9.17) is 11.6 Å². The lowest BCUT2D eigenvalue weighted by molar-refractivity contribution is 0.362. The standard InChI is InChI=1S/C14H24ClNS/c1-4-6-7-11(3)13(16-9-5-2)14-12(15)8-10-17-14/h8,10-11,13,16H,4-7,9H2,1-3H3. The highest BCUT2D eigenvalue weighted by molar-refractivity contribution is 7.10. The van der Waals surface area contributed by atoms with Crippen LogP contribution in [0.4, 0.5) is 0 Å². The van der Waals surface area contributed by atoms with Crippen molar-refractivity contribution in [3.63, 3.8) is 0 Å². The molecule has 2 atom stereocenters. The highest BCUT2D eigenvalue weighted by Gasteiger charge is 2.21. The summed E-state index contributed by atoms with van der Waals surface area (Å²) in [6.45, 7) is 7.85. The minimum absolute atomic E-state index is 0.425. The molecule has 0 aromatic carbocycles. The van der Waals surface area contributed by atoms with Gasteiger partial charge >= 0.3 is 0 Å². The first-order valence-electron chi connectivity index (χ1n) is 6.66. The van der Waals surface area contributed by atoms with E-state index in [0.717, 1.165) is 11.6 Å². The van der Waals surface area contributed by atoms with Gasteiger partial charge < -0.3 is 5.32 Å². The van der Waals surface area contributed by atoms with E-state index in [9.17, 15) is 0 Å². The number of nitrogens with one attached hydrogen (secondary N) is 1. The third kappa shape index (κ3) is 4.61. The molecule has 0 amide bonds. The van der Waals surface area contributed by atoms with Crippen molar-refractivity contribution in [1.82, 2.24) is 5.32 Å². The van der Waals surface area contributed by atoms with Crippen LogP contribution in [-0.2, 0) is 0 Å². The molecular weight excluding hydrogens is 250 g/mol. The fourth-order valence-electron chi connectivity index (χ4n) is 2.07. The molecule has 0 radical (unpaired) electrons. The first kappa shape index (κ1) is 15.0. The summed E-state index contributed by atoms with van der Waals surface area (Å²) in [6, 6.07) is 2.43. The Hall–Kier alpha value is -0.0500. The van der Waals surface area contributed by atoms with Gasteiger partial charge in [-0.1, -0.05) is 45.2 Å². The fourth-order valence-corrected chi connectivity index (χ4v) is 3.45. The number of unbranched alkanes of at least 4 members (excludes halogenated alkanes) is 1. The molecule has 98 valence electrons. The molecule has 0 spiro atoms. The molecule has 1 nitrogen and oxygen atoms in total. The Bertz CT molecular complexity index is 311. The van der Waals surface area contributed by atoms with Gasteiger partial charge in [0.2, 0.25) is 0 Å². The van der Waals surface area contributed by atoms with Crippen LogP contribution in [0.5, 0.6) is 0 Å². The van der Waals surface area contributed by atoms with Crippen molar-refractivity contribution >= 4 is 22.9 Å². The molecule has 0 bridgehead atoms. The first-order chi connectivity index (χ1) is 8.20. The monoisotopic (exact) mass is 273 g/mol. The summed E-state index contributed by atoms with van der Waals surface area (Å²) in [5, 5.41) is 6.66. The van der Waals surface area contributed by atoms with Crippen LogP contribution < -0.4 is 5.32 Å². The molecule has 2 unspecified atom stereocenters. The summed E-state index contributed by atoms with van der Waals surface area (Å²) < 4.78 is 0. The van der Waals surface area contributed by atoms with Crippen LogP contribution in [0.3, 0.4) is 0 Å². The van der Waals surface area contributed by atoms with Gasteiger partial charge in [0, 0.05) is 10.9 Å². The summed E-state index contributed by atoms with van der Waals surface area (Å²) in [5.41, 5.74) is 0. The molecule has 0 saturated carbocycles. The SMILES string of the molecule is CCCCC(C)C(NCCC)c1sccc1Cl. The zero-order valence-corrected chi connectivity index (χ0v) is 12.7. The number of rotatable bonds is 8. The summed E-state index contributed by atoms with van der Waals surface area (Å²) in [6.07, 6.45) is 5.00. The Morgan fingerprint density at radius 2 is 2.12 bits per heavy atom. The Morgan fingerprint density at radius 1 is 1.35 bits per heavy atom. The lowest BCUT2D eigenvalue weighted by Gasteiger charge is -2.24. The lowest BCUT2D eigenvalue weighted by atomic mass is 9.94. The molecule has 0 aliphatic rings. The molecule has 3 heteroatoms. The molecule has 1 N–H and O–H groups in total. The Kier molecular flexibility index (Phi) is 7.17. The van der Waals surface area contributed by atoms with Crippen molar-refractivity contribution in [1.29, 1.82) is 0 Å². The predicted molar refractivity (Wildman–Crippen MR) is 79.1 cm³/mol. The minimum atomic E-state index is 0.425. The van der Waals surface area contributed by atoms with Crippen molar-refractivity contribution < 1.29 is 0 Å². The summed E-state index contributed by atoms with van der Waals surface area (Å²) in [7, 11) is 0. The molecular formula is C14H24ClNS. The molecule has 0 saturated heterocycles. The van der Waals surface area contributed by atoms with Crippen molar-refractivity contribution in [3.8, 4) is 0 Å². The van der Waals surface area contributed by atoms with Crippen LogP contribution in [0.25, 0.3) is 0 Å². The summed E-state index contributed by atoms with van der Waals surface area (Å²) in [4.78, 5) is 1.31. The Labute approximate surface area is 115 Å². The quantitative estimate of drug-likeness (QED) is 0.680. The van der Waals surface area contributed by atoms with Crippen LogP contribution in [0.2, 0.25) is 5.02 Å². The summed E-state index contributed by atoms with van der Waals surface area (Å²) >= 11 is 8.04. The zero-order valence-electron chi connectivity index (χ0n) is 11.1. The van der Waals surface area contributed by atoms with E-state index in [1.54, 1.807) is 11.3 Å². The molecule has 1 aromatic rings. The van der Waals surface area contributed by atoms with Crippen LogP contribution in [0.1, 0.15) is 57.4 Å². The van der Waals surface area contributed by atoms with E-state index in [1.165, 1.54) is 30.6 Å². The van der Waals surface area contributed by atoms with E-state index in [-0.39, 0.29) is 0 Å². The van der Waals surface area contributed by atoms with Gasteiger partial charge in [-0.05, 0) is 36.8 Å². The van der Waals surface area contributed by atoms with Crippen molar-refractivity contribution in [2.75, 3.05) is 6.54 Å². The van der Waals surface area contributed by atoms with Gasteiger partial charge in [-0.2, -0.15) is 0 Å². The average molecular weight is 274 g/mol. The van der Waals surface area contributed by atoms with E-state index >= 15 is 0 Å². The van der Waals surface area contributed by atoms with Gasteiger partial charge in [0.1, 0.15) is 0 Å². The second-order valence-electron chi connectivity index (χ2n) is 4.68. The fraction of sp³-hybridized carbons (Fsp3) is 0.714. The topological polar surface area (TPSA) is 12.0 Å². The van der Waals surface area contributed by atoms with Gasteiger partial charge in [0.15, 0.2) is 0 Å². The Morgan fingerprint density at radius 3 is 2.65 bits per heavy atom. The molecule has 0 aliphatic carbocycles. The third-order valence-corrected chi connectivity index (χ3v) is 4.57. The highest BCUT2D eigenvalue weighted by Crippen LogP contribution is 2.34. The van der Waals surface area contributed by atoms with Crippen molar-refractivity contribution in [2.45, 2.75) is 52.5 Å². The van der Waals surface area contributed by atoms with Crippen LogP contribution >= 0.6 is 22.9 Å². The lowest BCUT2D eigenvalue weighted by Crippen LogP contribution is -2.27. The number of thiophene rings is 1. The van der Waals surface area contributed by atoms with Gasteiger partial charge in [-0.25, -0.2) is 0 Å². The number of halogens is 1. The van der Waals surface area contributed by atoms with E-state index in [0.29, 0.717) is 12.0 Å². The number of hydrogen-bond donors (Lipinski definition) is 1. The van der Waals surface area contributed by atoms with Crippen molar-refractivity contribution in [2.24, 2.45) is 5.92 Å². The second kappa shape index (κ2) is 8.12. The summed E-state index contributed by atoms with van der Waals surface area (Å²) in [5.74, 6) is 0.651. The maximum absolute atomic E-state index is 6.26. The first-order valence-corrected chi connectivity index (χ1v) is 7.92. The maximum Gasteiger partial charge on any atom is 0.0561 e. The van der Waals surface area contributed by atoms with Gasteiger partial charge in [0.25, 0.3) is 0 Å². The van der Waals surface area contributed by atoms with E-state index in [2.05, 4.69) is 31.5 Å². The molecule has 0 fully saturated rings. The Balaban J connectivity index is 2.69. The smallest absolute Gasteiger partial charge is 0.0561 e. The van der Waals surface area contributed by atoms with E-state index in [1.807, 2.05) is 6.07 Å². The van der Waals surface area contributed by atoms with Gasteiger partial charge in [-0.3, -0.25) is 0 Å². The van der Waals surface area contributed by atoms with Crippen LogP contribution in [0.15, 0.2) is 11.4 Å². The number of hydrogen-bond acceptors (Lipinski definition) is 2. The van der Waals surface area contributed by atoms with Crippen LogP contribution in [0, 0.1) is 5.92 Å². The predicted octanol–water partition coefficient (Wildman–Crippen LogP) is 5.27. The molecule has 1 heterocycles. The normalized spacial score (nSPS) is 14.8. The van der Waals surface area contributed by atoms with E-state index < -0.39 is 0 Å². The minimum Gasteiger partial charge on any atom is -0.309 e. The molecule has 0 aliphatic heterocycles. The second-order valence-corrected chi connectivity index (χ2v) is 6.04. The average Bonchev–Trinajstić information content (AvgIpc) is 2.73. The molecule has 1 rings (SSSR count). The van der Waals surface area contributed by atoms with Gasteiger partial charge in [-0.15, -0.1) is 11.3 Å². The largest absolute Gasteiger partial charge is 0.309 e. The highest BCUT2D eigenvalue weighted by atomic mass is 35.5. The van der Waals surface area contributed by atoms with Gasteiger partial charge in [0.05, 0.1) is 5.02 Å². The molecule has 17 heavy (non-hydrogen) atoms. The van der Waals surface area contributed by atoms with Crippen LogP contribution in [-0.4, -0.2) is 6.54 Å². The third-order valence-electron chi connectivity index (χ3n) is 3.12.